The van der Waals surface area contributed by atoms with Crippen molar-refractivity contribution in [1.82, 2.24) is 0 Å². The van der Waals surface area contributed by atoms with Gasteiger partial charge in [0.15, 0.2) is 0 Å². The summed E-state index contributed by atoms with van der Waals surface area (Å²) in [5.74, 6) is -0.0000936. The Balaban J connectivity index is 2.36. The highest BCUT2D eigenvalue weighted by Crippen LogP contribution is 2.36. The minimum atomic E-state index is -1.03. The fourth-order valence-electron chi connectivity index (χ4n) is 2.21. The van der Waals surface area contributed by atoms with E-state index in [9.17, 15) is 9.50 Å². The van der Waals surface area contributed by atoms with Gasteiger partial charge in [-0.1, -0.05) is 24.6 Å². The topological polar surface area (TPSA) is 59.4 Å². The number of halogens is 2. The van der Waals surface area contributed by atoms with Gasteiger partial charge in [0, 0.05) is 29.5 Å². The van der Waals surface area contributed by atoms with Crippen LogP contribution in [0.4, 0.5) is 4.39 Å². The van der Waals surface area contributed by atoms with Crippen LogP contribution < -0.4 is 5.73 Å². The molecule has 3 nitrogen and oxygen atoms in total. The minimum absolute atomic E-state index is 0.0595. The van der Waals surface area contributed by atoms with E-state index in [0.717, 1.165) is 12.2 Å². The number of benzene rings is 1. The smallest absolute Gasteiger partial charge is 0.133 e. The molecule has 2 rings (SSSR count). The first-order chi connectivity index (χ1) is 9.58. The molecule has 1 aromatic heterocycles. The normalized spacial score (nSPS) is 14.2. The predicted molar refractivity (Wildman–Crippen MR) is 76.3 cm³/mol. The molecule has 1 aromatic carbocycles. The molecule has 0 saturated carbocycles. The molecule has 0 bridgehead atoms. The Bertz CT molecular complexity index is 565. The number of nitrogens with two attached hydrogens (primary N) is 1. The second kappa shape index (κ2) is 6.39. The molecule has 20 heavy (non-hydrogen) atoms. The van der Waals surface area contributed by atoms with Gasteiger partial charge in [-0.15, -0.1) is 0 Å². The van der Waals surface area contributed by atoms with Crippen molar-refractivity contribution in [3.63, 3.8) is 0 Å². The van der Waals surface area contributed by atoms with Crippen molar-refractivity contribution in [2.75, 3.05) is 6.54 Å². The van der Waals surface area contributed by atoms with Crippen molar-refractivity contribution in [2.24, 2.45) is 5.73 Å². The monoisotopic (exact) mass is 297 g/mol. The lowest BCUT2D eigenvalue weighted by Crippen LogP contribution is -2.21. The lowest BCUT2D eigenvalue weighted by atomic mass is 9.91. The maximum absolute atomic E-state index is 14.0. The third kappa shape index (κ3) is 2.87. The molecule has 0 radical (unpaired) electrons. The predicted octanol–water partition coefficient (Wildman–Crippen LogP) is 3.41. The fourth-order valence-corrected chi connectivity index (χ4v) is 2.51. The Labute approximate surface area is 122 Å². The van der Waals surface area contributed by atoms with E-state index in [0.29, 0.717) is 5.76 Å². The first-order valence-electron chi connectivity index (χ1n) is 6.49. The second-order valence-corrected chi connectivity index (χ2v) is 4.99. The molecule has 0 aliphatic rings. The number of aliphatic hydroxyl groups excluding tert-OH is 1. The van der Waals surface area contributed by atoms with Crippen LogP contribution in [0.5, 0.6) is 0 Å². The van der Waals surface area contributed by atoms with Crippen molar-refractivity contribution < 1.29 is 13.9 Å². The van der Waals surface area contributed by atoms with Gasteiger partial charge in [0.2, 0.25) is 0 Å². The number of rotatable bonds is 5. The number of hydrogen-bond acceptors (Lipinski definition) is 3. The average Bonchev–Trinajstić information content (AvgIpc) is 2.91. The van der Waals surface area contributed by atoms with Crippen LogP contribution >= 0.6 is 11.6 Å². The summed E-state index contributed by atoms with van der Waals surface area (Å²) >= 11 is 6.03. The number of aliphatic hydroxyl groups is 1. The third-order valence-electron chi connectivity index (χ3n) is 3.33. The molecule has 1 heterocycles. The van der Waals surface area contributed by atoms with Gasteiger partial charge >= 0.3 is 0 Å². The SMILES string of the molecule is CCc1ccc(C(O)C(CN)c2c(F)cccc2Cl)o1. The Morgan fingerprint density at radius 2 is 2.10 bits per heavy atom. The minimum Gasteiger partial charge on any atom is -0.463 e. The maximum atomic E-state index is 14.0. The summed E-state index contributed by atoms with van der Waals surface area (Å²) in [5.41, 5.74) is 5.91. The van der Waals surface area contributed by atoms with Crippen LogP contribution in [-0.4, -0.2) is 11.7 Å². The van der Waals surface area contributed by atoms with E-state index in [1.54, 1.807) is 18.2 Å². The van der Waals surface area contributed by atoms with Gasteiger partial charge in [0.1, 0.15) is 23.4 Å². The first kappa shape index (κ1) is 15.0. The molecule has 0 amide bonds. The summed E-state index contributed by atoms with van der Waals surface area (Å²) in [6, 6.07) is 7.87. The van der Waals surface area contributed by atoms with Gasteiger partial charge in [0.05, 0.1) is 0 Å². The molecule has 108 valence electrons. The van der Waals surface area contributed by atoms with Crippen LogP contribution in [0.3, 0.4) is 0 Å². The van der Waals surface area contributed by atoms with E-state index < -0.39 is 17.8 Å². The van der Waals surface area contributed by atoms with E-state index >= 15 is 0 Å². The highest BCUT2D eigenvalue weighted by molar-refractivity contribution is 6.31. The number of hydrogen-bond donors (Lipinski definition) is 2. The van der Waals surface area contributed by atoms with Gasteiger partial charge in [-0.3, -0.25) is 0 Å². The first-order valence-corrected chi connectivity index (χ1v) is 6.86. The van der Waals surface area contributed by atoms with Crippen LogP contribution in [0.15, 0.2) is 34.7 Å². The second-order valence-electron chi connectivity index (χ2n) is 4.58. The largest absolute Gasteiger partial charge is 0.463 e. The molecule has 0 spiro atoms. The summed E-state index contributed by atoms with van der Waals surface area (Å²) in [4.78, 5) is 0. The van der Waals surface area contributed by atoms with Gasteiger partial charge in [0.25, 0.3) is 0 Å². The molecule has 2 atom stereocenters. The van der Waals surface area contributed by atoms with E-state index in [2.05, 4.69) is 0 Å². The molecule has 0 fully saturated rings. The van der Waals surface area contributed by atoms with Gasteiger partial charge < -0.3 is 15.3 Å². The highest BCUT2D eigenvalue weighted by atomic mass is 35.5. The number of furan rings is 1. The van der Waals surface area contributed by atoms with E-state index in [-0.39, 0.29) is 17.1 Å². The third-order valence-corrected chi connectivity index (χ3v) is 3.66. The quantitative estimate of drug-likeness (QED) is 0.889. The zero-order chi connectivity index (χ0) is 14.7. The molecular weight excluding hydrogens is 281 g/mol. The summed E-state index contributed by atoms with van der Waals surface area (Å²) < 4.78 is 19.5. The van der Waals surface area contributed by atoms with E-state index in [4.69, 9.17) is 21.8 Å². The summed E-state index contributed by atoms with van der Waals surface area (Å²) in [5, 5.41) is 10.6. The van der Waals surface area contributed by atoms with Crippen molar-refractivity contribution >= 4 is 11.6 Å². The summed E-state index contributed by atoms with van der Waals surface area (Å²) in [6.45, 7) is 2.01. The van der Waals surface area contributed by atoms with E-state index in [1.165, 1.54) is 12.1 Å². The molecule has 0 saturated heterocycles. The number of aryl methyl sites for hydroxylation is 1. The van der Waals surface area contributed by atoms with Crippen LogP contribution in [-0.2, 0) is 6.42 Å². The molecule has 0 aliphatic carbocycles. The Morgan fingerprint density at radius 3 is 2.65 bits per heavy atom. The zero-order valence-electron chi connectivity index (χ0n) is 11.1. The van der Waals surface area contributed by atoms with Gasteiger partial charge in [-0.05, 0) is 24.3 Å². The molecule has 2 unspecified atom stereocenters. The molecule has 3 N–H and O–H groups in total. The standard InChI is InChI=1S/C15H17ClFNO2/c1-2-9-6-7-13(20-9)15(19)10(8-18)14-11(16)4-3-5-12(14)17/h3-7,10,15,19H,2,8,18H2,1H3. The van der Waals surface area contributed by atoms with Gasteiger partial charge in [-0.25, -0.2) is 4.39 Å². The maximum Gasteiger partial charge on any atom is 0.133 e. The Kier molecular flexibility index (Phi) is 4.81. The van der Waals surface area contributed by atoms with E-state index in [1.807, 2.05) is 6.92 Å². The molecule has 2 aromatic rings. The molecular formula is C15H17ClFNO2. The van der Waals surface area contributed by atoms with Crippen LogP contribution in [0, 0.1) is 5.82 Å². The van der Waals surface area contributed by atoms with Crippen LogP contribution in [0.1, 0.15) is 36.0 Å². The van der Waals surface area contributed by atoms with Crippen molar-refractivity contribution in [3.05, 3.63) is 58.3 Å². The molecule has 0 aliphatic heterocycles. The fraction of sp³-hybridized carbons (Fsp3) is 0.333. The lowest BCUT2D eigenvalue weighted by Gasteiger charge is -2.21. The summed E-state index contributed by atoms with van der Waals surface area (Å²) in [6.07, 6.45) is -0.310. The molecule has 5 heteroatoms. The van der Waals surface area contributed by atoms with Crippen molar-refractivity contribution in [3.8, 4) is 0 Å². The average molecular weight is 298 g/mol. The summed E-state index contributed by atoms with van der Waals surface area (Å²) in [7, 11) is 0. The van der Waals surface area contributed by atoms with Crippen molar-refractivity contribution in [1.29, 1.82) is 0 Å². The lowest BCUT2D eigenvalue weighted by molar-refractivity contribution is 0.119. The zero-order valence-corrected chi connectivity index (χ0v) is 11.9. The highest BCUT2D eigenvalue weighted by Gasteiger charge is 2.28. The Morgan fingerprint density at radius 1 is 1.35 bits per heavy atom. The van der Waals surface area contributed by atoms with Gasteiger partial charge in [-0.2, -0.15) is 0 Å². The Hall–Kier alpha value is -1.36. The van der Waals surface area contributed by atoms with Crippen molar-refractivity contribution in [2.45, 2.75) is 25.4 Å². The van der Waals surface area contributed by atoms with Crippen LogP contribution in [0.2, 0.25) is 5.02 Å². The van der Waals surface area contributed by atoms with Crippen LogP contribution in [0.25, 0.3) is 0 Å².